The van der Waals surface area contributed by atoms with Crippen molar-refractivity contribution in [1.29, 1.82) is 0 Å². The summed E-state index contributed by atoms with van der Waals surface area (Å²) in [7, 11) is 0. The van der Waals surface area contributed by atoms with Gasteiger partial charge in [-0.2, -0.15) is 0 Å². The van der Waals surface area contributed by atoms with Gasteiger partial charge in [0.1, 0.15) is 0 Å². The topological polar surface area (TPSA) is 60.9 Å². The van der Waals surface area contributed by atoms with Gasteiger partial charge < -0.3 is 4.90 Å². The number of tetrazole rings is 1. The van der Waals surface area contributed by atoms with Crippen LogP contribution < -0.4 is 4.90 Å². The van der Waals surface area contributed by atoms with Gasteiger partial charge in [0, 0.05) is 23.7 Å². The maximum absolute atomic E-state index is 4.56. The third-order valence-corrected chi connectivity index (χ3v) is 6.39. The molecule has 6 heteroatoms. The number of aromatic nitrogens is 5. The predicted molar refractivity (Wildman–Crippen MR) is 121 cm³/mol. The molecule has 2 aromatic heterocycles. The van der Waals surface area contributed by atoms with E-state index in [-0.39, 0.29) is 6.04 Å². The Morgan fingerprint density at radius 1 is 0.903 bits per heavy atom. The number of hydrogen-bond donors (Lipinski definition) is 1. The number of hydrogen-bond acceptors (Lipinski definition) is 4. The van der Waals surface area contributed by atoms with Gasteiger partial charge in [-0.05, 0) is 66.3 Å². The van der Waals surface area contributed by atoms with E-state index in [0.29, 0.717) is 0 Å². The first kappa shape index (κ1) is 19.8. The number of quaternary nitrogens is 1. The third kappa shape index (κ3) is 4.49. The van der Waals surface area contributed by atoms with Gasteiger partial charge in [0.2, 0.25) is 5.82 Å². The van der Waals surface area contributed by atoms with E-state index in [2.05, 4.69) is 75.1 Å². The smallest absolute Gasteiger partial charge is 0.214 e. The van der Waals surface area contributed by atoms with Crippen LogP contribution in [0.5, 0.6) is 0 Å². The van der Waals surface area contributed by atoms with Crippen molar-refractivity contribution in [1.82, 2.24) is 25.2 Å². The van der Waals surface area contributed by atoms with Crippen LogP contribution in [-0.2, 0) is 13.0 Å². The van der Waals surface area contributed by atoms with Gasteiger partial charge in [-0.25, -0.2) is 4.68 Å². The summed E-state index contributed by atoms with van der Waals surface area (Å²) < 4.78 is 2.02. The first-order chi connectivity index (χ1) is 15.4. The number of pyridine rings is 1. The standard InChI is InChI=1S/C25H28N6/c1-2-7-17-30(16-6-1)24(22-12-13-23-21(19-22)11-8-15-26-23)25-27-28-29-31(25)18-14-20-9-4-3-5-10-20/h3-5,8-13,15,19,24H,1-2,6-7,14,16-18H2/p+1/t24-/m0/s1. The van der Waals surface area contributed by atoms with Gasteiger partial charge in [0.05, 0.1) is 18.6 Å². The number of nitrogens with zero attached hydrogens (tertiary/aromatic N) is 5. The van der Waals surface area contributed by atoms with E-state index in [1.165, 1.54) is 42.2 Å². The second-order valence-corrected chi connectivity index (χ2v) is 8.46. The van der Waals surface area contributed by atoms with Crippen LogP contribution in [0.25, 0.3) is 10.9 Å². The molecule has 0 unspecified atom stereocenters. The summed E-state index contributed by atoms with van der Waals surface area (Å²) in [4.78, 5) is 6.07. The Morgan fingerprint density at radius 3 is 2.58 bits per heavy atom. The van der Waals surface area contributed by atoms with E-state index in [9.17, 15) is 0 Å². The van der Waals surface area contributed by atoms with Gasteiger partial charge in [-0.1, -0.05) is 42.5 Å². The molecule has 1 aliphatic rings. The van der Waals surface area contributed by atoms with Crippen molar-refractivity contribution < 1.29 is 4.90 Å². The zero-order chi connectivity index (χ0) is 20.9. The average molecular weight is 414 g/mol. The maximum Gasteiger partial charge on any atom is 0.214 e. The van der Waals surface area contributed by atoms with Crippen LogP contribution in [0.1, 0.15) is 48.7 Å². The van der Waals surface area contributed by atoms with Gasteiger partial charge in [-0.3, -0.25) is 4.98 Å². The van der Waals surface area contributed by atoms with E-state index in [1.807, 2.05) is 16.9 Å². The van der Waals surface area contributed by atoms with E-state index < -0.39 is 0 Å². The van der Waals surface area contributed by atoms with E-state index >= 15 is 0 Å². The Hall–Kier alpha value is -3.12. The molecule has 4 aromatic rings. The molecule has 1 saturated heterocycles. The molecule has 3 heterocycles. The number of benzene rings is 2. The highest BCUT2D eigenvalue weighted by Crippen LogP contribution is 2.22. The summed E-state index contributed by atoms with van der Waals surface area (Å²) in [5, 5.41) is 14.2. The maximum atomic E-state index is 4.56. The molecule has 0 spiro atoms. The van der Waals surface area contributed by atoms with Crippen LogP contribution in [0.4, 0.5) is 0 Å². The fraction of sp³-hybridized carbons (Fsp3) is 0.360. The predicted octanol–water partition coefficient (Wildman–Crippen LogP) is 3.01. The molecule has 31 heavy (non-hydrogen) atoms. The third-order valence-electron chi connectivity index (χ3n) is 6.39. The second-order valence-electron chi connectivity index (χ2n) is 8.46. The fourth-order valence-electron chi connectivity index (χ4n) is 4.77. The number of nitrogens with one attached hydrogen (secondary N) is 1. The molecule has 1 fully saturated rings. The molecule has 5 rings (SSSR count). The molecular weight excluding hydrogens is 384 g/mol. The highest BCUT2D eigenvalue weighted by atomic mass is 15.5. The van der Waals surface area contributed by atoms with Crippen molar-refractivity contribution in [3.05, 3.63) is 83.8 Å². The summed E-state index contributed by atoms with van der Waals surface area (Å²) >= 11 is 0. The first-order valence-electron chi connectivity index (χ1n) is 11.4. The molecule has 1 atom stereocenters. The molecule has 0 radical (unpaired) electrons. The average Bonchev–Trinajstić information content (AvgIpc) is 3.11. The van der Waals surface area contributed by atoms with Crippen LogP contribution in [0, 0.1) is 0 Å². The summed E-state index contributed by atoms with van der Waals surface area (Å²) in [6.07, 6.45) is 7.92. The van der Waals surface area contributed by atoms with Crippen LogP contribution in [0.3, 0.4) is 0 Å². The largest absolute Gasteiger partial charge is 0.322 e. The molecule has 0 bridgehead atoms. The molecular formula is C25H29N6+. The lowest BCUT2D eigenvalue weighted by molar-refractivity contribution is -0.925. The van der Waals surface area contributed by atoms with Crippen molar-refractivity contribution >= 4 is 10.9 Å². The monoisotopic (exact) mass is 413 g/mol. The highest BCUT2D eigenvalue weighted by Gasteiger charge is 2.32. The van der Waals surface area contributed by atoms with Crippen LogP contribution in [0.2, 0.25) is 0 Å². The molecule has 1 aliphatic heterocycles. The minimum absolute atomic E-state index is 0.133. The van der Waals surface area contributed by atoms with Crippen molar-refractivity contribution in [3.8, 4) is 0 Å². The van der Waals surface area contributed by atoms with E-state index in [1.54, 1.807) is 4.90 Å². The van der Waals surface area contributed by atoms with Crippen molar-refractivity contribution in [2.75, 3.05) is 13.1 Å². The molecule has 0 aliphatic carbocycles. The quantitative estimate of drug-likeness (QED) is 0.528. The molecule has 158 valence electrons. The Bertz CT molecular complexity index is 1120. The van der Waals surface area contributed by atoms with Gasteiger partial charge in [0.25, 0.3) is 0 Å². The summed E-state index contributed by atoms with van der Waals surface area (Å²) in [5.41, 5.74) is 3.60. The normalized spacial score (nSPS) is 16.3. The molecule has 6 nitrogen and oxygen atoms in total. The summed E-state index contributed by atoms with van der Waals surface area (Å²) in [5.74, 6) is 0.969. The lowest BCUT2D eigenvalue weighted by Gasteiger charge is -2.27. The van der Waals surface area contributed by atoms with Gasteiger partial charge in [-0.15, -0.1) is 5.10 Å². The Morgan fingerprint density at radius 2 is 1.74 bits per heavy atom. The van der Waals surface area contributed by atoms with Crippen molar-refractivity contribution in [2.45, 2.75) is 44.7 Å². The SMILES string of the molecule is c1ccc(CCn2nnnc2[C@H](c2ccc3ncccc3c2)[NH+]2CCCCCC2)cc1. The first-order valence-corrected chi connectivity index (χ1v) is 11.4. The van der Waals surface area contributed by atoms with Gasteiger partial charge in [0.15, 0.2) is 6.04 Å². The minimum atomic E-state index is 0.133. The number of rotatable bonds is 6. The van der Waals surface area contributed by atoms with Gasteiger partial charge >= 0.3 is 0 Å². The number of fused-ring (bicyclic) bond motifs is 1. The van der Waals surface area contributed by atoms with Crippen LogP contribution >= 0.6 is 0 Å². The summed E-state index contributed by atoms with van der Waals surface area (Å²) in [6, 6.07) is 21.5. The minimum Gasteiger partial charge on any atom is -0.322 e. The molecule has 0 amide bonds. The Kier molecular flexibility index (Phi) is 5.98. The number of likely N-dealkylation sites (tertiary alicyclic amines) is 1. The van der Waals surface area contributed by atoms with Crippen molar-refractivity contribution in [3.63, 3.8) is 0 Å². The molecule has 0 saturated carbocycles. The summed E-state index contributed by atoms with van der Waals surface area (Å²) in [6.45, 7) is 3.09. The van der Waals surface area contributed by atoms with Crippen LogP contribution in [0.15, 0.2) is 66.9 Å². The second kappa shape index (κ2) is 9.35. The lowest BCUT2D eigenvalue weighted by Crippen LogP contribution is -3.12. The van der Waals surface area contributed by atoms with E-state index in [0.717, 1.165) is 37.4 Å². The van der Waals surface area contributed by atoms with Crippen LogP contribution in [-0.4, -0.2) is 38.3 Å². The molecule has 2 aromatic carbocycles. The van der Waals surface area contributed by atoms with E-state index in [4.69, 9.17) is 0 Å². The Balaban J connectivity index is 1.50. The molecule has 1 N–H and O–H groups in total. The fourth-order valence-corrected chi connectivity index (χ4v) is 4.77. The highest BCUT2D eigenvalue weighted by molar-refractivity contribution is 5.79. The number of aryl methyl sites for hydroxylation is 2. The van der Waals surface area contributed by atoms with Crippen molar-refractivity contribution in [2.24, 2.45) is 0 Å². The Labute approximate surface area is 182 Å². The lowest BCUT2D eigenvalue weighted by atomic mass is 10.0. The zero-order valence-electron chi connectivity index (χ0n) is 17.8. The zero-order valence-corrected chi connectivity index (χ0v) is 17.8.